The average molecular weight is 227 g/mol. The first-order valence-electron chi connectivity index (χ1n) is 5.11. The summed E-state index contributed by atoms with van der Waals surface area (Å²) in [5.41, 5.74) is 1.83. The number of hydrogen-bond acceptors (Lipinski definition) is 3. The summed E-state index contributed by atoms with van der Waals surface area (Å²) in [6.45, 7) is 1.83. The first-order valence-corrected chi connectivity index (χ1v) is 5.11. The van der Waals surface area contributed by atoms with Gasteiger partial charge >= 0.3 is 5.97 Å². The molecular formula is C14H13NO2. The fourth-order valence-corrected chi connectivity index (χ4v) is 1.33. The summed E-state index contributed by atoms with van der Waals surface area (Å²) in [4.78, 5) is 11.2. The topological polar surface area (TPSA) is 50.1 Å². The Kier molecular flexibility index (Phi) is 4.71. The number of hydrogen-bond donors (Lipinski definition) is 0. The van der Waals surface area contributed by atoms with Crippen LogP contribution in [0.15, 0.2) is 47.6 Å². The van der Waals surface area contributed by atoms with E-state index in [2.05, 4.69) is 4.74 Å². The van der Waals surface area contributed by atoms with Crippen LogP contribution in [0.2, 0.25) is 0 Å². The van der Waals surface area contributed by atoms with Crippen LogP contribution in [0, 0.1) is 11.3 Å². The molecule has 1 aromatic rings. The number of carbonyl (C=O) groups excluding carboxylic acids is 1. The number of allylic oxidation sites excluding steroid dienone is 2. The van der Waals surface area contributed by atoms with Crippen LogP contribution in [0.5, 0.6) is 0 Å². The quantitative estimate of drug-likeness (QED) is 0.345. The molecule has 0 atom stereocenters. The summed E-state index contributed by atoms with van der Waals surface area (Å²) in [6, 6.07) is 11.5. The van der Waals surface area contributed by atoms with Gasteiger partial charge in [-0.15, -0.1) is 0 Å². The van der Waals surface area contributed by atoms with Gasteiger partial charge in [0.2, 0.25) is 0 Å². The van der Waals surface area contributed by atoms with Crippen LogP contribution < -0.4 is 0 Å². The van der Waals surface area contributed by atoms with E-state index in [0.29, 0.717) is 0 Å². The first-order chi connectivity index (χ1) is 8.17. The lowest BCUT2D eigenvalue weighted by molar-refractivity contribution is -0.135. The predicted molar refractivity (Wildman–Crippen MR) is 65.8 cm³/mol. The van der Waals surface area contributed by atoms with Crippen molar-refractivity contribution in [3.63, 3.8) is 0 Å². The fraction of sp³-hybridized carbons (Fsp3) is 0.143. The van der Waals surface area contributed by atoms with E-state index < -0.39 is 5.97 Å². The minimum Gasteiger partial charge on any atom is -0.465 e. The van der Waals surface area contributed by atoms with Crippen LogP contribution in [0.4, 0.5) is 0 Å². The highest BCUT2D eigenvalue weighted by Gasteiger charge is 2.07. The molecule has 0 saturated heterocycles. The summed E-state index contributed by atoms with van der Waals surface area (Å²) in [7, 11) is 1.25. The highest BCUT2D eigenvalue weighted by Crippen LogP contribution is 2.09. The van der Waals surface area contributed by atoms with Crippen molar-refractivity contribution in [1.29, 1.82) is 5.26 Å². The van der Waals surface area contributed by atoms with Gasteiger partial charge in [-0.3, -0.25) is 0 Å². The van der Waals surface area contributed by atoms with Crippen molar-refractivity contribution in [3.05, 3.63) is 53.1 Å². The molecule has 3 nitrogen and oxygen atoms in total. The van der Waals surface area contributed by atoms with E-state index in [-0.39, 0.29) is 5.57 Å². The summed E-state index contributed by atoms with van der Waals surface area (Å²) >= 11 is 0. The average Bonchev–Trinajstić information content (AvgIpc) is 2.36. The summed E-state index contributed by atoms with van der Waals surface area (Å²) in [6.07, 6.45) is 3.40. The van der Waals surface area contributed by atoms with Crippen LogP contribution in [0.25, 0.3) is 6.08 Å². The second-order valence-corrected chi connectivity index (χ2v) is 3.46. The third-order valence-corrected chi connectivity index (χ3v) is 2.09. The molecule has 0 saturated carbocycles. The SMILES string of the molecule is COC(=O)/C(C#N)=C\C(C)=C/c1ccccc1. The lowest BCUT2D eigenvalue weighted by Gasteiger charge is -1.98. The van der Waals surface area contributed by atoms with Gasteiger partial charge in [0, 0.05) is 0 Å². The van der Waals surface area contributed by atoms with E-state index >= 15 is 0 Å². The van der Waals surface area contributed by atoms with E-state index in [1.165, 1.54) is 13.2 Å². The van der Waals surface area contributed by atoms with E-state index in [1.54, 1.807) is 0 Å². The van der Waals surface area contributed by atoms with Crippen LogP contribution in [-0.4, -0.2) is 13.1 Å². The maximum absolute atomic E-state index is 11.2. The highest BCUT2D eigenvalue weighted by molar-refractivity contribution is 5.93. The Balaban J connectivity index is 2.95. The zero-order chi connectivity index (χ0) is 12.7. The number of esters is 1. The number of rotatable bonds is 3. The molecule has 0 aliphatic carbocycles. The van der Waals surface area contributed by atoms with Gasteiger partial charge in [0.25, 0.3) is 0 Å². The van der Waals surface area contributed by atoms with Crippen LogP contribution in [-0.2, 0) is 9.53 Å². The third kappa shape index (κ3) is 3.96. The predicted octanol–water partition coefficient (Wildman–Crippen LogP) is 2.71. The second-order valence-electron chi connectivity index (χ2n) is 3.46. The van der Waals surface area contributed by atoms with Gasteiger partial charge in [0.15, 0.2) is 0 Å². The van der Waals surface area contributed by atoms with Gasteiger partial charge in [0.1, 0.15) is 11.6 Å². The summed E-state index contributed by atoms with van der Waals surface area (Å²) in [5.74, 6) is -0.617. The number of methoxy groups -OCH3 is 1. The molecule has 3 heteroatoms. The van der Waals surface area contributed by atoms with Crippen molar-refractivity contribution in [3.8, 4) is 6.07 Å². The van der Waals surface area contributed by atoms with Crippen molar-refractivity contribution in [1.82, 2.24) is 0 Å². The normalized spacial score (nSPS) is 11.8. The lowest BCUT2D eigenvalue weighted by atomic mass is 10.1. The van der Waals surface area contributed by atoms with Crippen molar-refractivity contribution in [2.24, 2.45) is 0 Å². The Bertz CT molecular complexity index is 493. The van der Waals surface area contributed by atoms with Gasteiger partial charge in [-0.25, -0.2) is 4.79 Å². The molecule has 0 radical (unpaired) electrons. The third-order valence-electron chi connectivity index (χ3n) is 2.09. The molecule has 0 N–H and O–H groups in total. The molecule has 0 bridgehead atoms. The van der Waals surface area contributed by atoms with Crippen molar-refractivity contribution in [2.75, 3.05) is 7.11 Å². The molecule has 0 aliphatic rings. The van der Waals surface area contributed by atoms with Crippen LogP contribution >= 0.6 is 0 Å². The van der Waals surface area contributed by atoms with Gasteiger partial charge in [-0.2, -0.15) is 5.26 Å². The monoisotopic (exact) mass is 227 g/mol. The van der Waals surface area contributed by atoms with Crippen LogP contribution in [0.3, 0.4) is 0 Å². The second kappa shape index (κ2) is 6.29. The molecule has 0 unspecified atom stereocenters. The van der Waals surface area contributed by atoms with Crippen molar-refractivity contribution < 1.29 is 9.53 Å². The largest absolute Gasteiger partial charge is 0.465 e. The molecular weight excluding hydrogens is 214 g/mol. The maximum Gasteiger partial charge on any atom is 0.348 e. The van der Waals surface area contributed by atoms with Crippen molar-refractivity contribution >= 4 is 12.0 Å². The standard InChI is InChI=1S/C14H13NO2/c1-11(8-12-6-4-3-5-7-12)9-13(10-15)14(16)17-2/h3-9H,1-2H3/b11-8-,13-9-. The fourth-order valence-electron chi connectivity index (χ4n) is 1.33. The maximum atomic E-state index is 11.2. The molecule has 0 aliphatic heterocycles. The molecule has 0 aromatic heterocycles. The molecule has 86 valence electrons. The number of ether oxygens (including phenoxy) is 1. The molecule has 1 rings (SSSR count). The smallest absolute Gasteiger partial charge is 0.348 e. The molecule has 0 heterocycles. The molecule has 0 fully saturated rings. The van der Waals surface area contributed by atoms with E-state index in [4.69, 9.17) is 5.26 Å². The molecule has 1 aromatic carbocycles. The number of benzene rings is 1. The van der Waals surface area contributed by atoms with E-state index in [9.17, 15) is 4.79 Å². The Morgan fingerprint density at radius 3 is 2.53 bits per heavy atom. The van der Waals surface area contributed by atoms with E-state index in [1.807, 2.05) is 49.4 Å². The van der Waals surface area contributed by atoms with Crippen molar-refractivity contribution in [2.45, 2.75) is 6.92 Å². The highest BCUT2D eigenvalue weighted by atomic mass is 16.5. The molecule has 17 heavy (non-hydrogen) atoms. The van der Waals surface area contributed by atoms with Gasteiger partial charge < -0.3 is 4.74 Å². The zero-order valence-corrected chi connectivity index (χ0v) is 9.81. The Morgan fingerprint density at radius 1 is 1.35 bits per heavy atom. The van der Waals surface area contributed by atoms with Gasteiger partial charge in [-0.05, 0) is 24.1 Å². The Hall–Kier alpha value is -2.34. The lowest BCUT2D eigenvalue weighted by Crippen LogP contribution is -2.02. The first kappa shape index (κ1) is 12.7. The summed E-state index contributed by atoms with van der Waals surface area (Å²) < 4.78 is 4.50. The minimum atomic E-state index is -0.617. The molecule has 0 spiro atoms. The Labute approximate surface area is 101 Å². The van der Waals surface area contributed by atoms with Gasteiger partial charge in [0.05, 0.1) is 7.11 Å². The minimum absolute atomic E-state index is 0.00261. The number of carbonyl (C=O) groups is 1. The number of nitriles is 1. The zero-order valence-electron chi connectivity index (χ0n) is 9.81. The number of nitrogens with zero attached hydrogens (tertiary/aromatic N) is 1. The molecule has 0 amide bonds. The van der Waals surface area contributed by atoms with E-state index in [0.717, 1.165) is 11.1 Å². The van der Waals surface area contributed by atoms with Crippen LogP contribution in [0.1, 0.15) is 12.5 Å². The van der Waals surface area contributed by atoms with Gasteiger partial charge in [-0.1, -0.05) is 36.4 Å². The Morgan fingerprint density at radius 2 is 2.00 bits per heavy atom. The summed E-state index contributed by atoms with van der Waals surface area (Å²) in [5, 5.41) is 8.80.